The Kier molecular flexibility index (Phi) is 4.60. The van der Waals surface area contributed by atoms with Crippen LogP contribution in [-0.2, 0) is 6.42 Å². The number of pyridine rings is 1. The van der Waals surface area contributed by atoms with Crippen LogP contribution in [0.3, 0.4) is 0 Å². The maximum absolute atomic E-state index is 12.8. The molecule has 1 N–H and O–H groups in total. The van der Waals surface area contributed by atoms with E-state index in [0.717, 1.165) is 22.3 Å². The molecule has 1 amide bonds. The highest BCUT2D eigenvalue weighted by Gasteiger charge is 2.17. The minimum atomic E-state index is -0.211. The number of fused-ring (bicyclic) bond motifs is 1. The highest BCUT2D eigenvalue weighted by Crippen LogP contribution is 2.21. The monoisotopic (exact) mass is 376 g/mol. The van der Waals surface area contributed by atoms with E-state index in [2.05, 4.69) is 15.4 Å². The van der Waals surface area contributed by atoms with E-state index in [1.54, 1.807) is 23.1 Å². The van der Waals surface area contributed by atoms with E-state index in [1.165, 1.54) is 0 Å². The molecule has 4 rings (SSSR count). The number of amides is 1. The molecule has 2 aromatic carbocycles. The van der Waals surface area contributed by atoms with Crippen LogP contribution in [0.25, 0.3) is 16.6 Å². The van der Waals surface area contributed by atoms with E-state index in [1.807, 2.05) is 55.5 Å². The summed E-state index contributed by atoms with van der Waals surface area (Å²) in [6.45, 7) is 1.99. The Bertz CT molecular complexity index is 1140. The molecule has 0 spiro atoms. The molecule has 2 heterocycles. The molecule has 0 aliphatic heterocycles. The van der Waals surface area contributed by atoms with Crippen molar-refractivity contribution >= 4 is 34.1 Å². The van der Waals surface area contributed by atoms with Crippen LogP contribution >= 0.6 is 11.6 Å². The van der Waals surface area contributed by atoms with Gasteiger partial charge in [0.15, 0.2) is 0 Å². The highest BCUT2D eigenvalue weighted by atomic mass is 35.5. The molecule has 6 heteroatoms. The number of halogens is 1. The molecular weight excluding hydrogens is 360 g/mol. The van der Waals surface area contributed by atoms with Crippen molar-refractivity contribution in [1.82, 2.24) is 14.8 Å². The van der Waals surface area contributed by atoms with Crippen molar-refractivity contribution in [1.29, 1.82) is 0 Å². The lowest BCUT2D eigenvalue weighted by molar-refractivity contribution is 0.102. The molecule has 0 atom stereocenters. The molecular formula is C21H17ClN4O. The third-order valence-electron chi connectivity index (χ3n) is 4.35. The van der Waals surface area contributed by atoms with Gasteiger partial charge in [0.25, 0.3) is 5.91 Å². The second-order valence-corrected chi connectivity index (χ2v) is 6.56. The van der Waals surface area contributed by atoms with E-state index < -0.39 is 0 Å². The number of carbonyl (C=O) groups is 1. The fraction of sp³-hybridized carbons (Fsp3) is 0.0952. The van der Waals surface area contributed by atoms with Gasteiger partial charge in [-0.1, -0.05) is 42.8 Å². The van der Waals surface area contributed by atoms with Gasteiger partial charge in [0.1, 0.15) is 0 Å². The second-order valence-electron chi connectivity index (χ2n) is 6.12. The average molecular weight is 377 g/mol. The summed E-state index contributed by atoms with van der Waals surface area (Å²) in [7, 11) is 0. The first-order chi connectivity index (χ1) is 13.2. The Balaban J connectivity index is 1.65. The van der Waals surface area contributed by atoms with Crippen LogP contribution in [0.5, 0.6) is 0 Å². The second kappa shape index (κ2) is 7.21. The lowest BCUT2D eigenvalue weighted by Crippen LogP contribution is -2.14. The Hall–Kier alpha value is -3.18. The largest absolute Gasteiger partial charge is 0.320 e. The van der Waals surface area contributed by atoms with Crippen molar-refractivity contribution in [2.45, 2.75) is 13.3 Å². The van der Waals surface area contributed by atoms with Crippen molar-refractivity contribution in [2.24, 2.45) is 0 Å². The van der Waals surface area contributed by atoms with Gasteiger partial charge in [-0.25, -0.2) is 4.68 Å². The Morgan fingerprint density at radius 3 is 2.78 bits per heavy atom. The number of anilines is 1. The van der Waals surface area contributed by atoms with Crippen molar-refractivity contribution < 1.29 is 4.79 Å². The van der Waals surface area contributed by atoms with Gasteiger partial charge in [0.2, 0.25) is 0 Å². The van der Waals surface area contributed by atoms with Crippen LogP contribution in [-0.4, -0.2) is 20.7 Å². The molecule has 5 nitrogen and oxygen atoms in total. The van der Waals surface area contributed by atoms with E-state index in [9.17, 15) is 4.79 Å². The van der Waals surface area contributed by atoms with Gasteiger partial charge in [-0.15, -0.1) is 0 Å². The van der Waals surface area contributed by atoms with Gasteiger partial charge in [0.05, 0.1) is 40.5 Å². The minimum absolute atomic E-state index is 0.211. The smallest absolute Gasteiger partial charge is 0.259 e. The van der Waals surface area contributed by atoms with Gasteiger partial charge in [-0.2, -0.15) is 5.10 Å². The summed E-state index contributed by atoms with van der Waals surface area (Å²) >= 11 is 6.09. The Morgan fingerprint density at radius 2 is 1.96 bits per heavy atom. The molecule has 2 aromatic heterocycles. The predicted octanol–water partition coefficient (Wildman–Crippen LogP) is 4.89. The van der Waals surface area contributed by atoms with Crippen LogP contribution < -0.4 is 5.32 Å². The van der Waals surface area contributed by atoms with E-state index in [-0.39, 0.29) is 5.91 Å². The SMILES string of the molecule is CCc1c(C(=O)Nc2cnc3ccccc3c2)cnn1-c1cccc(Cl)c1. The van der Waals surface area contributed by atoms with Crippen molar-refractivity contribution in [3.8, 4) is 5.69 Å². The van der Waals surface area contributed by atoms with E-state index in [4.69, 9.17) is 11.6 Å². The van der Waals surface area contributed by atoms with E-state index in [0.29, 0.717) is 22.7 Å². The molecule has 0 saturated heterocycles. The summed E-state index contributed by atoms with van der Waals surface area (Å²) in [6.07, 6.45) is 3.90. The van der Waals surface area contributed by atoms with Gasteiger partial charge in [0, 0.05) is 10.4 Å². The van der Waals surface area contributed by atoms with Crippen LogP contribution in [0.15, 0.2) is 67.0 Å². The number of carbonyl (C=O) groups excluding carboxylic acids is 1. The number of hydrogen-bond donors (Lipinski definition) is 1. The molecule has 27 heavy (non-hydrogen) atoms. The highest BCUT2D eigenvalue weighted by molar-refractivity contribution is 6.30. The number of nitrogens with one attached hydrogen (secondary N) is 1. The molecule has 0 unspecified atom stereocenters. The molecule has 0 saturated carbocycles. The van der Waals surface area contributed by atoms with Gasteiger partial charge >= 0.3 is 0 Å². The third kappa shape index (κ3) is 3.41. The zero-order valence-corrected chi connectivity index (χ0v) is 15.4. The summed E-state index contributed by atoms with van der Waals surface area (Å²) in [5.41, 5.74) is 3.72. The van der Waals surface area contributed by atoms with Crippen LogP contribution in [0, 0.1) is 0 Å². The van der Waals surface area contributed by atoms with Crippen LogP contribution in [0.1, 0.15) is 23.0 Å². The molecule has 0 fully saturated rings. The standard InChI is InChI=1S/C21H17ClN4O/c1-2-20-18(13-24-26(20)17-8-5-7-15(22)11-17)21(27)25-16-10-14-6-3-4-9-19(14)23-12-16/h3-13H,2H2,1H3,(H,25,27). The molecule has 0 bridgehead atoms. The summed E-state index contributed by atoms with van der Waals surface area (Å²) in [5.74, 6) is -0.211. The molecule has 0 aliphatic rings. The maximum Gasteiger partial charge on any atom is 0.259 e. The van der Waals surface area contributed by atoms with Gasteiger partial charge in [-0.05, 0) is 36.8 Å². The summed E-state index contributed by atoms with van der Waals surface area (Å²) < 4.78 is 1.75. The zero-order chi connectivity index (χ0) is 18.8. The predicted molar refractivity (Wildman–Crippen MR) is 108 cm³/mol. The van der Waals surface area contributed by atoms with E-state index >= 15 is 0 Å². The molecule has 0 aliphatic carbocycles. The fourth-order valence-corrected chi connectivity index (χ4v) is 3.26. The lowest BCUT2D eigenvalue weighted by atomic mass is 10.1. The quantitative estimate of drug-likeness (QED) is 0.551. The molecule has 134 valence electrons. The van der Waals surface area contributed by atoms with Gasteiger partial charge in [-0.3, -0.25) is 9.78 Å². The first kappa shape index (κ1) is 17.2. The maximum atomic E-state index is 12.8. The number of hydrogen-bond acceptors (Lipinski definition) is 3. The number of nitrogens with zero attached hydrogens (tertiary/aromatic N) is 3. The van der Waals surface area contributed by atoms with Gasteiger partial charge < -0.3 is 5.32 Å². The molecule has 0 radical (unpaired) electrons. The fourth-order valence-electron chi connectivity index (χ4n) is 3.07. The average Bonchev–Trinajstić information content (AvgIpc) is 3.12. The summed E-state index contributed by atoms with van der Waals surface area (Å²) in [6, 6.07) is 17.1. The summed E-state index contributed by atoms with van der Waals surface area (Å²) in [5, 5.41) is 8.91. The minimum Gasteiger partial charge on any atom is -0.320 e. The summed E-state index contributed by atoms with van der Waals surface area (Å²) in [4.78, 5) is 17.2. The number of aromatic nitrogens is 3. The number of para-hydroxylation sites is 1. The lowest BCUT2D eigenvalue weighted by Gasteiger charge is -2.09. The Morgan fingerprint density at radius 1 is 1.11 bits per heavy atom. The normalized spacial score (nSPS) is 10.9. The number of rotatable bonds is 4. The van der Waals surface area contributed by atoms with Crippen molar-refractivity contribution in [2.75, 3.05) is 5.32 Å². The Labute approximate surface area is 161 Å². The van der Waals surface area contributed by atoms with Crippen molar-refractivity contribution in [3.63, 3.8) is 0 Å². The first-order valence-electron chi connectivity index (χ1n) is 8.64. The topological polar surface area (TPSA) is 59.8 Å². The zero-order valence-electron chi connectivity index (χ0n) is 14.7. The molecule has 4 aromatic rings. The first-order valence-corrected chi connectivity index (χ1v) is 9.02. The third-order valence-corrected chi connectivity index (χ3v) is 4.58. The van der Waals surface area contributed by atoms with Crippen molar-refractivity contribution in [3.05, 3.63) is 83.3 Å². The van der Waals surface area contributed by atoms with Crippen LogP contribution in [0.2, 0.25) is 5.02 Å². The van der Waals surface area contributed by atoms with Crippen LogP contribution in [0.4, 0.5) is 5.69 Å². The number of benzene rings is 2.